The first-order chi connectivity index (χ1) is 6.65. The molecule has 1 aliphatic rings. The molecule has 0 aromatic heterocycles. The molecular weight excluding hydrogens is 182 g/mol. The van der Waals surface area contributed by atoms with Crippen LogP contribution in [0, 0.1) is 5.92 Å². The van der Waals surface area contributed by atoms with Crippen LogP contribution in [-0.4, -0.2) is 37.9 Å². The van der Waals surface area contributed by atoms with Gasteiger partial charge >= 0.3 is 5.97 Å². The van der Waals surface area contributed by atoms with E-state index < -0.39 is 0 Å². The summed E-state index contributed by atoms with van der Waals surface area (Å²) in [6.45, 7) is 7.66. The molecule has 1 saturated heterocycles. The van der Waals surface area contributed by atoms with E-state index in [2.05, 4.69) is 5.32 Å². The third-order valence-corrected chi connectivity index (χ3v) is 2.20. The van der Waals surface area contributed by atoms with Crippen molar-refractivity contribution in [1.29, 1.82) is 0 Å². The summed E-state index contributed by atoms with van der Waals surface area (Å²) in [5.74, 6) is -0.291. The third-order valence-electron chi connectivity index (χ3n) is 2.20. The van der Waals surface area contributed by atoms with Gasteiger partial charge in [0.05, 0.1) is 25.2 Å². The number of ether oxygens (including phenoxy) is 2. The van der Waals surface area contributed by atoms with E-state index in [0.717, 1.165) is 6.54 Å². The first kappa shape index (κ1) is 11.5. The fraction of sp³-hybridized carbons (Fsp3) is 0.900. The highest BCUT2D eigenvalue weighted by Gasteiger charge is 2.34. The Kier molecular flexibility index (Phi) is 4.35. The van der Waals surface area contributed by atoms with Crippen molar-refractivity contribution in [2.75, 3.05) is 19.8 Å². The Hall–Kier alpha value is -0.610. The van der Waals surface area contributed by atoms with E-state index in [1.807, 2.05) is 20.8 Å². The van der Waals surface area contributed by atoms with Gasteiger partial charge in [-0.3, -0.25) is 4.79 Å². The molecule has 0 spiro atoms. The first-order valence-electron chi connectivity index (χ1n) is 5.16. The fourth-order valence-electron chi connectivity index (χ4n) is 1.57. The number of esters is 1. The zero-order valence-electron chi connectivity index (χ0n) is 9.08. The van der Waals surface area contributed by atoms with Crippen LogP contribution in [0.5, 0.6) is 0 Å². The van der Waals surface area contributed by atoms with Gasteiger partial charge in [0.2, 0.25) is 0 Å². The second-order valence-electron chi connectivity index (χ2n) is 3.79. The standard InChI is InChI=1S/C10H19NO3/c1-4-11-9-6-13-5-8(9)10(12)14-7(2)3/h7-9,11H,4-6H2,1-3H3. The van der Waals surface area contributed by atoms with Gasteiger partial charge in [0.15, 0.2) is 0 Å². The fourth-order valence-corrected chi connectivity index (χ4v) is 1.57. The molecule has 1 fully saturated rings. The Morgan fingerprint density at radius 2 is 2.29 bits per heavy atom. The van der Waals surface area contributed by atoms with Crippen LogP contribution in [-0.2, 0) is 14.3 Å². The molecule has 0 aromatic rings. The first-order valence-corrected chi connectivity index (χ1v) is 5.16. The number of carbonyl (C=O) groups excluding carboxylic acids is 1. The Balaban J connectivity index is 2.44. The quantitative estimate of drug-likeness (QED) is 0.675. The number of hydrogen-bond acceptors (Lipinski definition) is 4. The molecule has 0 amide bonds. The molecule has 1 N–H and O–H groups in total. The van der Waals surface area contributed by atoms with Crippen LogP contribution in [0.1, 0.15) is 20.8 Å². The average Bonchev–Trinajstić information content (AvgIpc) is 2.51. The van der Waals surface area contributed by atoms with E-state index in [0.29, 0.717) is 13.2 Å². The summed E-state index contributed by atoms with van der Waals surface area (Å²) < 4.78 is 10.4. The van der Waals surface area contributed by atoms with Crippen molar-refractivity contribution in [3.63, 3.8) is 0 Å². The molecule has 1 rings (SSSR count). The second kappa shape index (κ2) is 5.32. The molecule has 2 atom stereocenters. The molecule has 0 aromatic carbocycles. The summed E-state index contributed by atoms with van der Waals surface area (Å²) in [5.41, 5.74) is 0. The maximum absolute atomic E-state index is 11.6. The molecule has 1 aliphatic heterocycles. The normalized spacial score (nSPS) is 26.9. The van der Waals surface area contributed by atoms with E-state index in [1.54, 1.807) is 0 Å². The zero-order valence-corrected chi connectivity index (χ0v) is 9.08. The van der Waals surface area contributed by atoms with E-state index >= 15 is 0 Å². The highest BCUT2D eigenvalue weighted by molar-refractivity contribution is 5.74. The lowest BCUT2D eigenvalue weighted by Crippen LogP contribution is -2.40. The van der Waals surface area contributed by atoms with Gasteiger partial charge in [-0.1, -0.05) is 6.92 Å². The van der Waals surface area contributed by atoms with Crippen molar-refractivity contribution in [2.24, 2.45) is 5.92 Å². The van der Waals surface area contributed by atoms with Crippen LogP contribution < -0.4 is 5.32 Å². The average molecular weight is 201 g/mol. The number of rotatable bonds is 4. The molecule has 0 aliphatic carbocycles. The van der Waals surface area contributed by atoms with Crippen LogP contribution in [0.3, 0.4) is 0 Å². The Labute approximate surface area is 85.0 Å². The number of carbonyl (C=O) groups is 1. The van der Waals surface area contributed by atoms with Gasteiger partial charge in [-0.25, -0.2) is 0 Å². The lowest BCUT2D eigenvalue weighted by Gasteiger charge is -2.18. The SMILES string of the molecule is CCNC1COCC1C(=O)OC(C)C. The predicted octanol–water partition coefficient (Wildman–Crippen LogP) is 0.562. The van der Waals surface area contributed by atoms with Crippen molar-refractivity contribution in [3.05, 3.63) is 0 Å². The van der Waals surface area contributed by atoms with Gasteiger partial charge in [-0.15, -0.1) is 0 Å². The number of nitrogens with one attached hydrogen (secondary N) is 1. The summed E-state index contributed by atoms with van der Waals surface area (Å²) in [6.07, 6.45) is -0.0506. The topological polar surface area (TPSA) is 47.6 Å². The predicted molar refractivity (Wildman–Crippen MR) is 53.0 cm³/mol. The molecular formula is C10H19NO3. The maximum Gasteiger partial charge on any atom is 0.313 e. The van der Waals surface area contributed by atoms with Gasteiger partial charge in [-0.05, 0) is 20.4 Å². The molecule has 82 valence electrons. The number of likely N-dealkylation sites (N-methyl/N-ethyl adjacent to an activating group) is 1. The van der Waals surface area contributed by atoms with Gasteiger partial charge in [0, 0.05) is 6.04 Å². The summed E-state index contributed by atoms with van der Waals surface area (Å²) in [7, 11) is 0. The van der Waals surface area contributed by atoms with Crippen molar-refractivity contribution in [1.82, 2.24) is 5.32 Å². The van der Waals surface area contributed by atoms with Crippen LogP contribution in [0.2, 0.25) is 0 Å². The van der Waals surface area contributed by atoms with Gasteiger partial charge in [0.1, 0.15) is 0 Å². The maximum atomic E-state index is 11.6. The van der Waals surface area contributed by atoms with E-state index in [-0.39, 0.29) is 24.0 Å². The minimum Gasteiger partial charge on any atom is -0.463 e. The molecule has 0 bridgehead atoms. The van der Waals surface area contributed by atoms with Crippen molar-refractivity contribution in [3.8, 4) is 0 Å². The molecule has 4 heteroatoms. The largest absolute Gasteiger partial charge is 0.463 e. The molecule has 0 saturated carbocycles. The summed E-state index contributed by atoms with van der Waals surface area (Å²) in [5, 5.41) is 3.22. The van der Waals surface area contributed by atoms with Crippen LogP contribution in [0.25, 0.3) is 0 Å². The molecule has 1 heterocycles. The van der Waals surface area contributed by atoms with E-state index in [9.17, 15) is 4.79 Å². The van der Waals surface area contributed by atoms with Crippen LogP contribution in [0.4, 0.5) is 0 Å². The molecule has 0 radical (unpaired) electrons. The highest BCUT2D eigenvalue weighted by atomic mass is 16.5. The smallest absolute Gasteiger partial charge is 0.313 e. The van der Waals surface area contributed by atoms with Crippen molar-refractivity contribution < 1.29 is 14.3 Å². The van der Waals surface area contributed by atoms with E-state index in [4.69, 9.17) is 9.47 Å². The Morgan fingerprint density at radius 1 is 1.57 bits per heavy atom. The zero-order chi connectivity index (χ0) is 10.6. The molecule has 4 nitrogen and oxygen atoms in total. The lowest BCUT2D eigenvalue weighted by atomic mass is 10.0. The third kappa shape index (κ3) is 2.96. The van der Waals surface area contributed by atoms with Crippen LogP contribution >= 0.6 is 0 Å². The minimum absolute atomic E-state index is 0.0506. The summed E-state index contributed by atoms with van der Waals surface area (Å²) in [4.78, 5) is 11.6. The minimum atomic E-state index is -0.150. The molecule has 14 heavy (non-hydrogen) atoms. The van der Waals surface area contributed by atoms with Gasteiger partial charge in [-0.2, -0.15) is 0 Å². The highest BCUT2D eigenvalue weighted by Crippen LogP contribution is 2.16. The Morgan fingerprint density at radius 3 is 2.86 bits per heavy atom. The van der Waals surface area contributed by atoms with Gasteiger partial charge in [0.25, 0.3) is 0 Å². The monoisotopic (exact) mass is 201 g/mol. The summed E-state index contributed by atoms with van der Waals surface area (Å²) in [6, 6.07) is 0.117. The van der Waals surface area contributed by atoms with E-state index in [1.165, 1.54) is 0 Å². The molecule has 2 unspecified atom stereocenters. The van der Waals surface area contributed by atoms with Crippen molar-refractivity contribution >= 4 is 5.97 Å². The number of hydrogen-bond donors (Lipinski definition) is 1. The van der Waals surface area contributed by atoms with Crippen molar-refractivity contribution in [2.45, 2.75) is 32.9 Å². The van der Waals surface area contributed by atoms with Gasteiger partial charge < -0.3 is 14.8 Å². The van der Waals surface area contributed by atoms with Crippen LogP contribution in [0.15, 0.2) is 0 Å². The Bertz CT molecular complexity index is 194. The summed E-state index contributed by atoms with van der Waals surface area (Å²) >= 11 is 0. The lowest BCUT2D eigenvalue weighted by molar-refractivity contribution is -0.152. The second-order valence-corrected chi connectivity index (χ2v) is 3.79.